The van der Waals surface area contributed by atoms with Crippen molar-refractivity contribution in [2.75, 3.05) is 13.1 Å². The van der Waals surface area contributed by atoms with Crippen molar-refractivity contribution in [1.82, 2.24) is 9.88 Å². The molecule has 0 N–H and O–H groups in total. The maximum absolute atomic E-state index is 6.21. The third-order valence-corrected chi connectivity index (χ3v) is 4.80. The van der Waals surface area contributed by atoms with Crippen LogP contribution in [-0.4, -0.2) is 29.0 Å². The number of hydrogen-bond acceptors (Lipinski definition) is 3. The lowest BCUT2D eigenvalue weighted by Crippen LogP contribution is -2.39. The molecule has 3 rings (SSSR count). The van der Waals surface area contributed by atoms with Gasteiger partial charge in [-0.05, 0) is 44.9 Å². The third kappa shape index (κ3) is 3.53. The van der Waals surface area contributed by atoms with Crippen molar-refractivity contribution in [3.05, 3.63) is 52.7 Å². The van der Waals surface area contributed by atoms with Gasteiger partial charge in [0.15, 0.2) is 5.89 Å². The number of hydrogen-bond donors (Lipinski definition) is 0. The molecule has 1 fully saturated rings. The molecule has 0 unspecified atom stereocenters. The van der Waals surface area contributed by atoms with Gasteiger partial charge in [-0.2, -0.15) is 0 Å². The summed E-state index contributed by atoms with van der Waals surface area (Å²) in [5.74, 6) is 2.19. The molecule has 1 aliphatic heterocycles. The number of piperidine rings is 1. The van der Waals surface area contributed by atoms with Crippen molar-refractivity contribution >= 4 is 11.6 Å². The van der Waals surface area contributed by atoms with Gasteiger partial charge in [-0.15, -0.1) is 0 Å². The molecule has 0 saturated carbocycles. The second-order valence-corrected chi connectivity index (χ2v) is 6.77. The van der Waals surface area contributed by atoms with Crippen LogP contribution in [0.5, 0.6) is 0 Å². The number of aromatic nitrogens is 1. The molecule has 1 aromatic carbocycles. The molecule has 4 heteroatoms. The molecule has 1 saturated heterocycles. The first kappa shape index (κ1) is 15.6. The third-order valence-electron chi connectivity index (χ3n) is 4.43. The van der Waals surface area contributed by atoms with Crippen molar-refractivity contribution in [1.29, 1.82) is 0 Å². The Morgan fingerprint density at radius 1 is 1.36 bits per heavy atom. The van der Waals surface area contributed by atoms with E-state index in [0.717, 1.165) is 35.2 Å². The van der Waals surface area contributed by atoms with E-state index in [2.05, 4.69) is 23.7 Å². The van der Waals surface area contributed by atoms with E-state index in [4.69, 9.17) is 16.0 Å². The highest BCUT2D eigenvalue weighted by molar-refractivity contribution is 6.31. The first-order chi connectivity index (χ1) is 10.6. The van der Waals surface area contributed by atoms with Crippen LogP contribution in [0.15, 0.2) is 34.9 Å². The summed E-state index contributed by atoms with van der Waals surface area (Å²) in [5, 5.41) is 0.782. The van der Waals surface area contributed by atoms with Crippen LogP contribution in [0.3, 0.4) is 0 Å². The van der Waals surface area contributed by atoms with E-state index in [-0.39, 0.29) is 0 Å². The summed E-state index contributed by atoms with van der Waals surface area (Å²) in [6, 6.07) is 8.47. The fourth-order valence-electron chi connectivity index (χ4n) is 3.10. The van der Waals surface area contributed by atoms with Crippen LogP contribution >= 0.6 is 11.6 Å². The van der Waals surface area contributed by atoms with Gasteiger partial charge in [0.1, 0.15) is 5.76 Å². The predicted octanol–water partition coefficient (Wildman–Crippen LogP) is 4.51. The lowest BCUT2D eigenvalue weighted by Gasteiger charge is -2.34. The minimum Gasteiger partial charge on any atom is -0.445 e. The molecule has 0 aliphatic carbocycles. The molecule has 3 nitrogen and oxygen atoms in total. The van der Waals surface area contributed by atoms with E-state index in [1.807, 2.05) is 30.5 Å². The van der Waals surface area contributed by atoms with Crippen LogP contribution in [0.2, 0.25) is 5.02 Å². The molecule has 1 aromatic heterocycles. The summed E-state index contributed by atoms with van der Waals surface area (Å²) >= 11 is 6.21. The molecule has 0 spiro atoms. The lowest BCUT2D eigenvalue weighted by atomic mass is 9.97. The van der Waals surface area contributed by atoms with E-state index in [1.54, 1.807) is 0 Å². The zero-order valence-electron chi connectivity index (χ0n) is 13.3. The quantitative estimate of drug-likeness (QED) is 0.830. The Balaban J connectivity index is 1.70. The van der Waals surface area contributed by atoms with E-state index in [0.29, 0.717) is 18.4 Å². The van der Waals surface area contributed by atoms with Crippen LogP contribution in [0.25, 0.3) is 0 Å². The molecule has 0 amide bonds. The van der Waals surface area contributed by atoms with Crippen molar-refractivity contribution in [2.24, 2.45) is 0 Å². The van der Waals surface area contributed by atoms with Crippen LogP contribution < -0.4 is 0 Å². The highest BCUT2D eigenvalue weighted by Crippen LogP contribution is 2.28. The lowest BCUT2D eigenvalue weighted by molar-refractivity contribution is 0.156. The van der Waals surface area contributed by atoms with Crippen molar-refractivity contribution in [3.8, 4) is 0 Å². The second kappa shape index (κ2) is 6.84. The zero-order valence-corrected chi connectivity index (χ0v) is 14.0. The molecule has 22 heavy (non-hydrogen) atoms. The van der Waals surface area contributed by atoms with Gasteiger partial charge < -0.3 is 9.32 Å². The van der Waals surface area contributed by atoms with Gasteiger partial charge in [0.25, 0.3) is 0 Å². The van der Waals surface area contributed by atoms with Crippen LogP contribution in [-0.2, 0) is 6.42 Å². The van der Waals surface area contributed by atoms with Crippen molar-refractivity contribution in [2.45, 2.75) is 45.1 Å². The summed E-state index contributed by atoms with van der Waals surface area (Å²) < 4.78 is 6.01. The van der Waals surface area contributed by atoms with Crippen molar-refractivity contribution in [3.63, 3.8) is 0 Å². The Labute approximate surface area is 137 Å². The standard InChI is InChI=1S/C18H23ClN2O/c1-13(2)21-9-5-7-15(12-21)18-20-11-16(22-18)10-14-6-3-4-8-17(14)19/h3-4,6,8,11,13,15H,5,7,9-10,12H2,1-2H3/t15-/m0/s1. The summed E-state index contributed by atoms with van der Waals surface area (Å²) in [6.45, 7) is 6.73. The van der Waals surface area contributed by atoms with Crippen LogP contribution in [0.1, 0.15) is 49.8 Å². The number of halogens is 1. The Kier molecular flexibility index (Phi) is 4.84. The van der Waals surface area contributed by atoms with Gasteiger partial charge in [-0.3, -0.25) is 0 Å². The van der Waals surface area contributed by atoms with E-state index < -0.39 is 0 Å². The Morgan fingerprint density at radius 2 is 2.18 bits per heavy atom. The smallest absolute Gasteiger partial charge is 0.198 e. The molecule has 0 radical (unpaired) electrons. The van der Waals surface area contributed by atoms with Gasteiger partial charge in [-0.25, -0.2) is 4.98 Å². The molecule has 118 valence electrons. The predicted molar refractivity (Wildman–Crippen MR) is 89.4 cm³/mol. The topological polar surface area (TPSA) is 29.3 Å². The minimum atomic E-state index is 0.413. The fraction of sp³-hybridized carbons (Fsp3) is 0.500. The van der Waals surface area contributed by atoms with Gasteiger partial charge in [0, 0.05) is 29.9 Å². The number of likely N-dealkylation sites (tertiary alicyclic amines) is 1. The number of nitrogens with zero attached hydrogens (tertiary/aromatic N) is 2. The summed E-state index contributed by atoms with van der Waals surface area (Å²) in [5.41, 5.74) is 1.08. The highest BCUT2D eigenvalue weighted by Gasteiger charge is 2.26. The molecule has 1 aliphatic rings. The minimum absolute atomic E-state index is 0.413. The van der Waals surface area contributed by atoms with E-state index >= 15 is 0 Å². The van der Waals surface area contributed by atoms with Gasteiger partial charge in [0.05, 0.1) is 6.20 Å². The molecule has 2 aromatic rings. The average Bonchev–Trinajstić information content (AvgIpc) is 2.98. The normalized spacial score (nSPS) is 19.7. The van der Waals surface area contributed by atoms with Gasteiger partial charge in [-0.1, -0.05) is 29.8 Å². The SMILES string of the molecule is CC(C)N1CCC[C@H](c2ncc(Cc3ccccc3Cl)o2)C1. The van der Waals surface area contributed by atoms with E-state index in [1.165, 1.54) is 13.0 Å². The molecular formula is C18H23ClN2O. The number of oxazole rings is 1. The Hall–Kier alpha value is -1.32. The zero-order chi connectivity index (χ0) is 15.5. The summed E-state index contributed by atoms with van der Waals surface area (Å²) in [7, 11) is 0. The highest BCUT2D eigenvalue weighted by atomic mass is 35.5. The Bertz CT molecular complexity index is 623. The van der Waals surface area contributed by atoms with E-state index in [9.17, 15) is 0 Å². The fourth-order valence-corrected chi connectivity index (χ4v) is 3.30. The maximum Gasteiger partial charge on any atom is 0.198 e. The van der Waals surface area contributed by atoms with Crippen LogP contribution in [0, 0.1) is 0 Å². The van der Waals surface area contributed by atoms with Crippen molar-refractivity contribution < 1.29 is 4.42 Å². The Morgan fingerprint density at radius 3 is 2.95 bits per heavy atom. The summed E-state index contributed by atoms with van der Waals surface area (Å²) in [4.78, 5) is 7.03. The first-order valence-corrected chi connectivity index (χ1v) is 8.43. The second-order valence-electron chi connectivity index (χ2n) is 6.36. The van der Waals surface area contributed by atoms with Crippen LogP contribution in [0.4, 0.5) is 0 Å². The van der Waals surface area contributed by atoms with Gasteiger partial charge in [0.2, 0.25) is 0 Å². The first-order valence-electron chi connectivity index (χ1n) is 8.05. The monoisotopic (exact) mass is 318 g/mol. The molecule has 0 bridgehead atoms. The molecule has 2 heterocycles. The molecule has 1 atom stereocenters. The maximum atomic E-state index is 6.21. The summed E-state index contributed by atoms with van der Waals surface area (Å²) in [6.07, 6.45) is 4.93. The largest absolute Gasteiger partial charge is 0.445 e. The number of benzene rings is 1. The average molecular weight is 319 g/mol. The number of rotatable bonds is 4. The molecular weight excluding hydrogens is 296 g/mol. The van der Waals surface area contributed by atoms with Gasteiger partial charge >= 0.3 is 0 Å².